The summed E-state index contributed by atoms with van der Waals surface area (Å²) in [5.74, 6) is -0.721. The molecule has 0 saturated heterocycles. The van der Waals surface area contributed by atoms with Crippen LogP contribution in [0, 0.1) is 11.8 Å². The molecule has 2 aromatic carbocycles. The number of fused-ring (bicyclic) bond motifs is 1. The minimum Gasteiger partial charge on any atom is -0.491 e. The van der Waals surface area contributed by atoms with Gasteiger partial charge in [0.2, 0.25) is 5.95 Å². The fourth-order valence-electron chi connectivity index (χ4n) is 3.48. The molecule has 0 amide bonds. The molecule has 0 unspecified atom stereocenters. The maximum atomic E-state index is 14.8. The lowest BCUT2D eigenvalue weighted by atomic mass is 10.0. The number of pyridine rings is 1. The Labute approximate surface area is 181 Å². The number of methoxy groups -OCH3 is 1. The molecule has 0 aliphatic heterocycles. The molecule has 0 saturated carbocycles. The number of rotatable bonds is 6. The summed E-state index contributed by atoms with van der Waals surface area (Å²) in [5, 5.41) is 4.44. The average molecular weight is 442 g/mol. The number of aromatic nitrogens is 3. The number of ether oxygens (including phenoxy) is 1. The summed E-state index contributed by atoms with van der Waals surface area (Å²) in [6.45, 7) is 0.277. The van der Waals surface area contributed by atoms with E-state index >= 15 is 0 Å². The topological polar surface area (TPSA) is 61.1 Å². The number of hydrogen-bond acceptors (Lipinski definition) is 5. The summed E-state index contributed by atoms with van der Waals surface area (Å²) in [6.07, 6.45) is 3.54. The minimum atomic E-state index is -0.599. The number of aryl methyl sites for hydroxylation is 1. The van der Waals surface area contributed by atoms with Gasteiger partial charge in [-0.3, -0.25) is 9.48 Å². The standard InChI is InChI=1S/C22H20F2N4O2S/c1-27-12-15(10-19(30-2)22(27)29)14-8-17(26-31-3)20-18(9-14)28(25-21(20)24)11-13-4-6-16(23)7-5-13/h4-10,12,26H,11H2,1-3H3. The number of nitrogens with zero attached hydrogens (tertiary/aromatic N) is 3. The van der Waals surface area contributed by atoms with Crippen molar-refractivity contribution in [3.05, 3.63) is 76.3 Å². The van der Waals surface area contributed by atoms with Gasteiger partial charge in [-0.2, -0.15) is 4.39 Å². The summed E-state index contributed by atoms with van der Waals surface area (Å²) < 4.78 is 39.4. The van der Waals surface area contributed by atoms with E-state index in [1.54, 1.807) is 36.1 Å². The largest absolute Gasteiger partial charge is 0.491 e. The van der Waals surface area contributed by atoms with Crippen LogP contribution in [0.15, 0.2) is 53.5 Å². The number of benzene rings is 2. The van der Waals surface area contributed by atoms with Crippen LogP contribution in [0.3, 0.4) is 0 Å². The van der Waals surface area contributed by atoms with Crippen LogP contribution in [0.25, 0.3) is 22.0 Å². The third-order valence-corrected chi connectivity index (χ3v) is 5.40. The summed E-state index contributed by atoms with van der Waals surface area (Å²) in [5.41, 5.74) is 3.18. The monoisotopic (exact) mass is 442 g/mol. The molecule has 6 nitrogen and oxygen atoms in total. The highest BCUT2D eigenvalue weighted by molar-refractivity contribution is 7.99. The smallest absolute Gasteiger partial charge is 0.292 e. The van der Waals surface area contributed by atoms with Crippen molar-refractivity contribution in [2.75, 3.05) is 18.1 Å². The van der Waals surface area contributed by atoms with E-state index in [0.29, 0.717) is 16.6 Å². The first-order valence-electron chi connectivity index (χ1n) is 9.39. The Morgan fingerprint density at radius 3 is 2.55 bits per heavy atom. The van der Waals surface area contributed by atoms with Crippen molar-refractivity contribution in [1.29, 1.82) is 0 Å². The van der Waals surface area contributed by atoms with Crippen LogP contribution in [-0.4, -0.2) is 27.7 Å². The van der Waals surface area contributed by atoms with E-state index in [9.17, 15) is 13.6 Å². The van der Waals surface area contributed by atoms with Crippen LogP contribution in [-0.2, 0) is 13.6 Å². The van der Waals surface area contributed by atoms with Crippen molar-refractivity contribution in [3.8, 4) is 16.9 Å². The van der Waals surface area contributed by atoms with Crippen molar-refractivity contribution >= 4 is 28.5 Å². The first kappa shape index (κ1) is 20.9. The quantitative estimate of drug-likeness (QED) is 0.448. The molecule has 0 spiro atoms. The maximum Gasteiger partial charge on any atom is 0.292 e. The molecular formula is C22H20F2N4O2S. The number of hydrogen-bond donors (Lipinski definition) is 1. The summed E-state index contributed by atoms with van der Waals surface area (Å²) in [4.78, 5) is 12.2. The highest BCUT2D eigenvalue weighted by atomic mass is 32.2. The highest BCUT2D eigenvalue weighted by Crippen LogP contribution is 2.34. The summed E-state index contributed by atoms with van der Waals surface area (Å²) in [6, 6.07) is 11.3. The molecular weight excluding hydrogens is 422 g/mol. The van der Waals surface area contributed by atoms with Gasteiger partial charge in [0.1, 0.15) is 5.82 Å². The minimum absolute atomic E-state index is 0.213. The molecule has 0 radical (unpaired) electrons. The van der Waals surface area contributed by atoms with Gasteiger partial charge < -0.3 is 14.0 Å². The van der Waals surface area contributed by atoms with Gasteiger partial charge in [-0.25, -0.2) is 4.39 Å². The Hall–Kier alpha value is -3.33. The fraction of sp³-hybridized carbons (Fsp3) is 0.182. The zero-order chi connectivity index (χ0) is 22.1. The van der Waals surface area contributed by atoms with Crippen molar-refractivity contribution in [1.82, 2.24) is 14.3 Å². The predicted molar refractivity (Wildman–Crippen MR) is 120 cm³/mol. The number of anilines is 1. The molecule has 0 aliphatic rings. The fourth-order valence-corrected chi connectivity index (χ4v) is 3.86. The van der Waals surface area contributed by atoms with Gasteiger partial charge in [0.05, 0.1) is 30.2 Å². The van der Waals surface area contributed by atoms with Gasteiger partial charge in [0, 0.05) is 25.1 Å². The average Bonchev–Trinajstić information content (AvgIpc) is 3.07. The lowest BCUT2D eigenvalue weighted by Gasteiger charge is -2.12. The van der Waals surface area contributed by atoms with Gasteiger partial charge in [-0.1, -0.05) is 24.1 Å². The Bertz CT molecular complexity index is 1320. The van der Waals surface area contributed by atoms with Crippen molar-refractivity contribution in [2.24, 2.45) is 7.05 Å². The Balaban J connectivity index is 1.90. The van der Waals surface area contributed by atoms with Gasteiger partial charge in [-0.15, -0.1) is 5.10 Å². The molecule has 31 heavy (non-hydrogen) atoms. The lowest BCUT2D eigenvalue weighted by Crippen LogP contribution is -2.17. The maximum absolute atomic E-state index is 14.8. The van der Waals surface area contributed by atoms with Crippen LogP contribution >= 0.6 is 11.9 Å². The molecule has 160 valence electrons. The highest BCUT2D eigenvalue weighted by Gasteiger charge is 2.18. The SMILES string of the molecule is COc1cc(-c2cc(NSC)c3c(F)nn(Cc4ccc(F)cc4)c3c2)cn(C)c1=O. The van der Waals surface area contributed by atoms with Gasteiger partial charge in [-0.05, 0) is 41.5 Å². The van der Waals surface area contributed by atoms with Gasteiger partial charge in [0.25, 0.3) is 5.56 Å². The molecule has 2 aromatic heterocycles. The first-order valence-corrected chi connectivity index (χ1v) is 10.6. The zero-order valence-corrected chi connectivity index (χ0v) is 18.0. The number of halogens is 2. The molecule has 0 atom stereocenters. The van der Waals surface area contributed by atoms with E-state index in [-0.39, 0.29) is 23.7 Å². The van der Waals surface area contributed by atoms with E-state index in [1.807, 2.05) is 18.4 Å². The lowest BCUT2D eigenvalue weighted by molar-refractivity contribution is 0.405. The number of nitrogens with one attached hydrogen (secondary N) is 1. The molecule has 2 heterocycles. The Kier molecular flexibility index (Phi) is 5.69. The van der Waals surface area contributed by atoms with Crippen LogP contribution in [0.4, 0.5) is 14.5 Å². The molecule has 0 fully saturated rings. The van der Waals surface area contributed by atoms with Crippen molar-refractivity contribution in [2.45, 2.75) is 6.54 Å². The van der Waals surface area contributed by atoms with E-state index in [1.165, 1.54) is 35.8 Å². The second-order valence-electron chi connectivity index (χ2n) is 7.01. The van der Waals surface area contributed by atoms with E-state index in [0.717, 1.165) is 16.7 Å². The molecule has 4 rings (SSSR count). The normalized spacial score (nSPS) is 11.1. The van der Waals surface area contributed by atoms with Crippen molar-refractivity contribution in [3.63, 3.8) is 0 Å². The first-order chi connectivity index (χ1) is 14.9. The molecule has 0 aliphatic carbocycles. The summed E-state index contributed by atoms with van der Waals surface area (Å²) in [7, 11) is 3.09. The third kappa shape index (κ3) is 4.00. The van der Waals surface area contributed by atoms with Gasteiger partial charge in [0.15, 0.2) is 5.75 Å². The van der Waals surface area contributed by atoms with E-state index < -0.39 is 5.95 Å². The second kappa shape index (κ2) is 8.43. The molecule has 0 bridgehead atoms. The van der Waals surface area contributed by atoms with Gasteiger partial charge >= 0.3 is 0 Å². The van der Waals surface area contributed by atoms with Crippen LogP contribution in [0.5, 0.6) is 5.75 Å². The van der Waals surface area contributed by atoms with Crippen LogP contribution in [0.1, 0.15) is 5.56 Å². The molecule has 1 N–H and O–H groups in total. The second-order valence-corrected chi connectivity index (χ2v) is 7.62. The Morgan fingerprint density at radius 2 is 1.87 bits per heavy atom. The van der Waals surface area contributed by atoms with Crippen molar-refractivity contribution < 1.29 is 13.5 Å². The van der Waals surface area contributed by atoms with Crippen LogP contribution < -0.4 is 15.0 Å². The molecule has 4 aromatic rings. The predicted octanol–water partition coefficient (Wildman–Crippen LogP) is 4.43. The molecule has 9 heteroatoms. The Morgan fingerprint density at radius 1 is 1.13 bits per heavy atom. The zero-order valence-electron chi connectivity index (χ0n) is 17.1. The summed E-state index contributed by atoms with van der Waals surface area (Å²) >= 11 is 1.33. The van der Waals surface area contributed by atoms with E-state index in [2.05, 4.69) is 9.82 Å². The van der Waals surface area contributed by atoms with Crippen LogP contribution in [0.2, 0.25) is 0 Å². The van der Waals surface area contributed by atoms with E-state index in [4.69, 9.17) is 4.74 Å². The third-order valence-electron chi connectivity index (χ3n) is 4.97.